The number of Topliss-reactive ketones (excluding diaryl/α,β-unsaturated/α-hetero) is 1. The van der Waals surface area contributed by atoms with Crippen LogP contribution in [-0.4, -0.2) is 37.1 Å². The molecule has 0 amide bonds. The van der Waals surface area contributed by atoms with Crippen LogP contribution in [0.25, 0.3) is 0 Å². The van der Waals surface area contributed by atoms with Crippen LogP contribution in [0.4, 0.5) is 0 Å². The molecule has 1 aliphatic rings. The molecule has 2 rings (SSSR count). The summed E-state index contributed by atoms with van der Waals surface area (Å²) < 4.78 is 5.36. The first-order chi connectivity index (χ1) is 6.79. The average molecular weight is 191 g/mol. The number of ketones is 1. The molecule has 1 atom stereocenters. The van der Waals surface area contributed by atoms with Gasteiger partial charge in [-0.2, -0.15) is 0 Å². The molecule has 1 unspecified atom stereocenters. The Morgan fingerprint density at radius 2 is 2.14 bits per heavy atom. The van der Waals surface area contributed by atoms with Crippen LogP contribution in [-0.2, 0) is 4.74 Å². The van der Waals surface area contributed by atoms with Crippen molar-refractivity contribution in [3.8, 4) is 0 Å². The van der Waals surface area contributed by atoms with Gasteiger partial charge in [-0.05, 0) is 7.05 Å². The Morgan fingerprint density at radius 3 is 2.71 bits per heavy atom. The largest absolute Gasteiger partial charge is 0.354 e. The molecule has 14 heavy (non-hydrogen) atoms. The Hall–Kier alpha value is -1.19. The molecule has 74 valence electrons. The molecule has 0 aromatic heterocycles. The maximum Gasteiger partial charge on any atom is 0.206 e. The SMILES string of the molecule is CN1CCOC1C(=O)c1ccccc1. The quantitative estimate of drug-likeness (QED) is 0.657. The molecule has 0 bridgehead atoms. The van der Waals surface area contributed by atoms with Crippen LogP contribution < -0.4 is 0 Å². The van der Waals surface area contributed by atoms with E-state index in [9.17, 15) is 4.79 Å². The van der Waals surface area contributed by atoms with Crippen LogP contribution in [0, 0.1) is 0 Å². The van der Waals surface area contributed by atoms with Crippen molar-refractivity contribution in [3.05, 3.63) is 35.9 Å². The molecule has 0 N–H and O–H groups in total. The van der Waals surface area contributed by atoms with Crippen molar-refractivity contribution in [1.29, 1.82) is 0 Å². The number of ether oxygens (including phenoxy) is 1. The highest BCUT2D eigenvalue weighted by atomic mass is 16.5. The van der Waals surface area contributed by atoms with Crippen LogP contribution in [0.15, 0.2) is 30.3 Å². The maximum atomic E-state index is 11.9. The molecule has 1 saturated heterocycles. The molecule has 1 fully saturated rings. The molecular formula is C11H13NO2. The van der Waals surface area contributed by atoms with Crippen LogP contribution in [0.2, 0.25) is 0 Å². The van der Waals surface area contributed by atoms with Gasteiger partial charge >= 0.3 is 0 Å². The van der Waals surface area contributed by atoms with Crippen molar-refractivity contribution in [2.24, 2.45) is 0 Å². The third-order valence-electron chi connectivity index (χ3n) is 2.40. The van der Waals surface area contributed by atoms with Gasteiger partial charge in [0.2, 0.25) is 5.78 Å². The van der Waals surface area contributed by atoms with E-state index in [2.05, 4.69) is 0 Å². The normalized spacial score (nSPS) is 22.5. The second-order valence-corrected chi connectivity index (χ2v) is 3.43. The molecule has 1 aliphatic heterocycles. The second kappa shape index (κ2) is 3.90. The highest BCUT2D eigenvalue weighted by Gasteiger charge is 2.29. The molecular weight excluding hydrogens is 178 g/mol. The minimum Gasteiger partial charge on any atom is -0.354 e. The number of hydrogen-bond acceptors (Lipinski definition) is 3. The third-order valence-corrected chi connectivity index (χ3v) is 2.40. The highest BCUT2D eigenvalue weighted by Crippen LogP contribution is 2.13. The summed E-state index contributed by atoms with van der Waals surface area (Å²) in [5.74, 6) is 0.0469. The average Bonchev–Trinajstić information content (AvgIpc) is 2.65. The fraction of sp³-hybridized carbons (Fsp3) is 0.364. The van der Waals surface area contributed by atoms with E-state index in [1.807, 2.05) is 42.3 Å². The Kier molecular flexibility index (Phi) is 2.61. The van der Waals surface area contributed by atoms with Gasteiger partial charge in [-0.1, -0.05) is 30.3 Å². The zero-order valence-corrected chi connectivity index (χ0v) is 8.14. The number of carbonyl (C=O) groups excluding carboxylic acids is 1. The Labute approximate surface area is 83.3 Å². The summed E-state index contributed by atoms with van der Waals surface area (Å²) in [6.07, 6.45) is -0.391. The summed E-state index contributed by atoms with van der Waals surface area (Å²) in [4.78, 5) is 13.8. The van der Waals surface area contributed by atoms with E-state index in [4.69, 9.17) is 4.74 Å². The molecule has 0 saturated carbocycles. The number of carbonyl (C=O) groups is 1. The molecule has 0 radical (unpaired) electrons. The van der Waals surface area contributed by atoms with Gasteiger partial charge in [0.1, 0.15) is 0 Å². The number of hydrogen-bond donors (Lipinski definition) is 0. The van der Waals surface area contributed by atoms with Gasteiger partial charge in [-0.15, -0.1) is 0 Å². The number of benzene rings is 1. The van der Waals surface area contributed by atoms with Gasteiger partial charge in [-0.25, -0.2) is 0 Å². The predicted molar refractivity (Wildman–Crippen MR) is 53.1 cm³/mol. The maximum absolute atomic E-state index is 11.9. The van der Waals surface area contributed by atoms with Crippen LogP contribution in [0.3, 0.4) is 0 Å². The Bertz CT molecular complexity index is 323. The third kappa shape index (κ3) is 1.69. The van der Waals surface area contributed by atoms with Crippen molar-refractivity contribution in [1.82, 2.24) is 4.90 Å². The van der Waals surface area contributed by atoms with E-state index in [1.165, 1.54) is 0 Å². The predicted octanol–water partition coefficient (Wildman–Crippen LogP) is 1.16. The van der Waals surface area contributed by atoms with Gasteiger partial charge < -0.3 is 4.74 Å². The lowest BCUT2D eigenvalue weighted by atomic mass is 10.1. The second-order valence-electron chi connectivity index (χ2n) is 3.43. The summed E-state index contributed by atoms with van der Waals surface area (Å²) in [7, 11) is 1.90. The van der Waals surface area contributed by atoms with Crippen molar-refractivity contribution >= 4 is 5.78 Å². The van der Waals surface area contributed by atoms with Gasteiger partial charge in [0.25, 0.3) is 0 Å². The lowest BCUT2D eigenvalue weighted by Gasteiger charge is -2.16. The lowest BCUT2D eigenvalue weighted by molar-refractivity contribution is 0.0362. The van der Waals surface area contributed by atoms with Crippen molar-refractivity contribution < 1.29 is 9.53 Å². The van der Waals surface area contributed by atoms with Gasteiger partial charge in [-0.3, -0.25) is 9.69 Å². The van der Waals surface area contributed by atoms with Crippen LogP contribution in [0.5, 0.6) is 0 Å². The standard InChI is InChI=1S/C11H13NO2/c1-12-7-8-14-11(12)10(13)9-5-3-2-4-6-9/h2-6,11H,7-8H2,1H3. The highest BCUT2D eigenvalue weighted by molar-refractivity contribution is 5.99. The monoisotopic (exact) mass is 191 g/mol. The first-order valence-corrected chi connectivity index (χ1v) is 4.70. The molecule has 1 heterocycles. The smallest absolute Gasteiger partial charge is 0.206 e. The molecule has 3 nitrogen and oxygen atoms in total. The fourth-order valence-corrected chi connectivity index (χ4v) is 1.57. The minimum absolute atomic E-state index is 0.0469. The number of likely N-dealkylation sites (N-methyl/N-ethyl adjacent to an activating group) is 1. The molecule has 1 aromatic carbocycles. The zero-order valence-electron chi connectivity index (χ0n) is 8.14. The van der Waals surface area contributed by atoms with Gasteiger partial charge in [0.15, 0.2) is 6.23 Å². The van der Waals surface area contributed by atoms with E-state index in [0.29, 0.717) is 12.2 Å². The summed E-state index contributed by atoms with van der Waals surface area (Å²) in [6.45, 7) is 1.46. The molecule has 0 aliphatic carbocycles. The zero-order chi connectivity index (χ0) is 9.97. The molecule has 1 aromatic rings. The minimum atomic E-state index is -0.391. The van der Waals surface area contributed by atoms with E-state index in [-0.39, 0.29) is 5.78 Å². The topological polar surface area (TPSA) is 29.5 Å². The number of rotatable bonds is 2. The summed E-state index contributed by atoms with van der Waals surface area (Å²) >= 11 is 0. The molecule has 0 spiro atoms. The van der Waals surface area contributed by atoms with Gasteiger partial charge in [0, 0.05) is 12.1 Å². The first kappa shape index (κ1) is 9.37. The first-order valence-electron chi connectivity index (χ1n) is 4.70. The summed E-state index contributed by atoms with van der Waals surface area (Å²) in [5, 5.41) is 0. The van der Waals surface area contributed by atoms with E-state index >= 15 is 0 Å². The summed E-state index contributed by atoms with van der Waals surface area (Å²) in [6, 6.07) is 9.26. The molecule has 3 heteroatoms. The van der Waals surface area contributed by atoms with Crippen LogP contribution in [0.1, 0.15) is 10.4 Å². The van der Waals surface area contributed by atoms with Crippen molar-refractivity contribution in [2.45, 2.75) is 6.23 Å². The van der Waals surface area contributed by atoms with E-state index in [0.717, 1.165) is 6.54 Å². The van der Waals surface area contributed by atoms with Gasteiger partial charge in [0.05, 0.1) is 6.61 Å². The Morgan fingerprint density at radius 1 is 1.43 bits per heavy atom. The number of nitrogens with zero attached hydrogens (tertiary/aromatic N) is 1. The van der Waals surface area contributed by atoms with Crippen LogP contribution >= 0.6 is 0 Å². The van der Waals surface area contributed by atoms with Crippen molar-refractivity contribution in [3.63, 3.8) is 0 Å². The van der Waals surface area contributed by atoms with E-state index in [1.54, 1.807) is 0 Å². The lowest BCUT2D eigenvalue weighted by Crippen LogP contribution is -2.33. The van der Waals surface area contributed by atoms with Crippen molar-refractivity contribution in [2.75, 3.05) is 20.2 Å². The summed E-state index contributed by atoms with van der Waals surface area (Å²) in [5.41, 5.74) is 0.714. The Balaban J connectivity index is 2.16. The van der Waals surface area contributed by atoms with E-state index < -0.39 is 6.23 Å². The fourth-order valence-electron chi connectivity index (χ4n) is 1.57.